The summed E-state index contributed by atoms with van der Waals surface area (Å²) in [6, 6.07) is 11.0. The van der Waals surface area contributed by atoms with Crippen molar-refractivity contribution in [3.8, 4) is 0 Å². The Morgan fingerprint density at radius 2 is 2.08 bits per heavy atom. The van der Waals surface area contributed by atoms with E-state index in [0.29, 0.717) is 31.7 Å². The molecule has 1 aromatic carbocycles. The minimum Gasteiger partial charge on any atom is -0.377 e. The third kappa shape index (κ3) is 3.74. The van der Waals surface area contributed by atoms with Crippen LogP contribution in [0.2, 0.25) is 0 Å². The molecular weight excluding hydrogens is 322 g/mol. The Balaban J connectivity index is 1.71. The van der Waals surface area contributed by atoms with E-state index in [1.165, 1.54) is 0 Å². The van der Waals surface area contributed by atoms with Gasteiger partial charge >= 0.3 is 0 Å². The van der Waals surface area contributed by atoms with Crippen LogP contribution in [0.4, 0.5) is 0 Å². The summed E-state index contributed by atoms with van der Waals surface area (Å²) in [6.45, 7) is 3.41. The van der Waals surface area contributed by atoms with Gasteiger partial charge in [-0.15, -0.1) is 0 Å². The monoisotopic (exact) mass is 343 g/mol. The maximum Gasteiger partial charge on any atom is 0.230 e. The van der Waals surface area contributed by atoms with Gasteiger partial charge in [0, 0.05) is 18.5 Å². The first-order chi connectivity index (χ1) is 11.7. The molecule has 2 heterocycles. The fourth-order valence-electron chi connectivity index (χ4n) is 2.98. The van der Waals surface area contributed by atoms with Gasteiger partial charge in [-0.25, -0.2) is 0 Å². The van der Waals surface area contributed by atoms with Crippen LogP contribution in [0.25, 0.3) is 0 Å². The van der Waals surface area contributed by atoms with E-state index in [9.17, 15) is 9.59 Å². The minimum atomic E-state index is -0.194. The number of nitrogens with zero attached hydrogens (tertiary/aromatic N) is 1. The molecule has 0 unspecified atom stereocenters. The Kier molecular flexibility index (Phi) is 5.43. The van der Waals surface area contributed by atoms with Crippen LogP contribution < -0.4 is 0 Å². The van der Waals surface area contributed by atoms with Crippen molar-refractivity contribution < 1.29 is 14.3 Å². The highest BCUT2D eigenvalue weighted by Crippen LogP contribution is 2.24. The molecule has 5 heteroatoms. The fraction of sp³-hybridized carbons (Fsp3) is 0.368. The van der Waals surface area contributed by atoms with Gasteiger partial charge in [-0.05, 0) is 29.3 Å². The zero-order valence-corrected chi connectivity index (χ0v) is 14.5. The topological polar surface area (TPSA) is 46.6 Å². The summed E-state index contributed by atoms with van der Waals surface area (Å²) in [5, 5.41) is 3.99. The summed E-state index contributed by atoms with van der Waals surface area (Å²) in [4.78, 5) is 27.2. The molecule has 4 nitrogen and oxygen atoms in total. The maximum absolute atomic E-state index is 12.9. The Bertz CT molecular complexity index is 684. The first-order valence-corrected chi connectivity index (χ1v) is 9.09. The van der Waals surface area contributed by atoms with Crippen molar-refractivity contribution in [2.45, 2.75) is 25.3 Å². The first kappa shape index (κ1) is 16.9. The van der Waals surface area contributed by atoms with Crippen LogP contribution in [0.3, 0.4) is 0 Å². The van der Waals surface area contributed by atoms with Crippen LogP contribution in [0.1, 0.15) is 35.2 Å². The zero-order valence-electron chi connectivity index (χ0n) is 13.7. The number of ketones is 1. The molecule has 0 N–H and O–H groups in total. The highest BCUT2D eigenvalue weighted by molar-refractivity contribution is 7.08. The highest BCUT2D eigenvalue weighted by Gasteiger charge is 2.32. The van der Waals surface area contributed by atoms with Gasteiger partial charge in [0.15, 0.2) is 5.78 Å². The first-order valence-electron chi connectivity index (χ1n) is 8.15. The average molecular weight is 343 g/mol. The number of thiophene rings is 1. The summed E-state index contributed by atoms with van der Waals surface area (Å²) in [7, 11) is 0. The van der Waals surface area contributed by atoms with E-state index in [0.717, 1.165) is 5.56 Å². The van der Waals surface area contributed by atoms with Crippen LogP contribution in [0.15, 0.2) is 47.2 Å². The lowest BCUT2D eigenvalue weighted by molar-refractivity contribution is -0.140. The Morgan fingerprint density at radius 3 is 2.79 bits per heavy atom. The van der Waals surface area contributed by atoms with Crippen LogP contribution in [-0.4, -0.2) is 42.4 Å². The number of amides is 1. The zero-order chi connectivity index (χ0) is 16.9. The summed E-state index contributed by atoms with van der Waals surface area (Å²) >= 11 is 1.59. The summed E-state index contributed by atoms with van der Waals surface area (Å²) in [6.07, 6.45) is 0.298. The number of hydrogen-bond donors (Lipinski definition) is 0. The van der Waals surface area contributed by atoms with Crippen molar-refractivity contribution in [2.24, 2.45) is 0 Å². The Labute approximate surface area is 146 Å². The lowest BCUT2D eigenvalue weighted by Crippen LogP contribution is -2.50. The van der Waals surface area contributed by atoms with E-state index in [1.807, 2.05) is 59.0 Å². The van der Waals surface area contributed by atoms with Crippen LogP contribution in [0, 0.1) is 0 Å². The van der Waals surface area contributed by atoms with E-state index >= 15 is 0 Å². The van der Waals surface area contributed by atoms with Crippen molar-refractivity contribution in [1.29, 1.82) is 0 Å². The molecule has 24 heavy (non-hydrogen) atoms. The number of morpholine rings is 1. The number of benzene rings is 1. The molecule has 0 aliphatic carbocycles. The minimum absolute atomic E-state index is 0.0482. The largest absolute Gasteiger partial charge is 0.377 e. The third-order valence-corrected chi connectivity index (χ3v) is 5.14. The normalized spacial score (nSPS) is 19.0. The van der Waals surface area contributed by atoms with E-state index in [-0.39, 0.29) is 23.7 Å². The molecule has 126 valence electrons. The smallest absolute Gasteiger partial charge is 0.230 e. The number of carbonyl (C=O) groups is 2. The second kappa shape index (κ2) is 7.73. The molecule has 0 radical (unpaired) electrons. The summed E-state index contributed by atoms with van der Waals surface area (Å²) in [5.41, 5.74) is 1.71. The third-order valence-electron chi connectivity index (χ3n) is 4.44. The van der Waals surface area contributed by atoms with Gasteiger partial charge in [-0.2, -0.15) is 11.3 Å². The second-order valence-corrected chi connectivity index (χ2v) is 6.81. The predicted molar refractivity (Wildman–Crippen MR) is 94.4 cm³/mol. The molecule has 2 aromatic rings. The van der Waals surface area contributed by atoms with E-state index in [2.05, 4.69) is 0 Å². The van der Waals surface area contributed by atoms with Gasteiger partial charge < -0.3 is 9.64 Å². The van der Waals surface area contributed by atoms with Crippen LogP contribution in [0.5, 0.6) is 0 Å². The van der Waals surface area contributed by atoms with Crippen molar-refractivity contribution in [1.82, 2.24) is 4.90 Å². The molecule has 1 saturated heterocycles. The number of carbonyl (C=O) groups excluding carboxylic acids is 2. The molecular formula is C19H21NO3S. The highest BCUT2D eigenvalue weighted by atomic mass is 32.1. The average Bonchev–Trinajstić information content (AvgIpc) is 3.16. The molecule has 1 fully saturated rings. The molecule has 1 aliphatic heterocycles. The van der Waals surface area contributed by atoms with E-state index in [1.54, 1.807) is 11.3 Å². The number of Topliss-reactive ketones (excluding diaryl/α,β-unsaturated/α-hetero) is 1. The van der Waals surface area contributed by atoms with Crippen molar-refractivity contribution >= 4 is 23.0 Å². The summed E-state index contributed by atoms with van der Waals surface area (Å²) in [5.74, 6) is -0.0710. The van der Waals surface area contributed by atoms with Crippen LogP contribution in [-0.2, 0) is 9.53 Å². The molecule has 0 spiro atoms. The number of rotatable bonds is 5. The summed E-state index contributed by atoms with van der Waals surface area (Å²) < 4.78 is 5.53. The predicted octanol–water partition coefficient (Wildman–Crippen LogP) is 3.35. The maximum atomic E-state index is 12.9. The van der Waals surface area contributed by atoms with Crippen molar-refractivity contribution in [3.05, 3.63) is 58.3 Å². The lowest BCUT2D eigenvalue weighted by atomic mass is 9.98. The van der Waals surface area contributed by atoms with Gasteiger partial charge in [0.25, 0.3) is 0 Å². The molecule has 1 amide bonds. The SMILES string of the molecule is C[C@@H](C(=O)N1CCOC[C@@H]1CC(=O)c1ccccc1)c1ccsc1. The molecule has 0 saturated carbocycles. The lowest BCUT2D eigenvalue weighted by Gasteiger charge is -2.37. The molecule has 0 bridgehead atoms. The van der Waals surface area contributed by atoms with E-state index in [4.69, 9.17) is 4.74 Å². The Morgan fingerprint density at radius 1 is 1.29 bits per heavy atom. The van der Waals surface area contributed by atoms with E-state index < -0.39 is 0 Å². The van der Waals surface area contributed by atoms with Gasteiger partial charge in [0.2, 0.25) is 5.91 Å². The second-order valence-electron chi connectivity index (χ2n) is 6.03. The Hall–Kier alpha value is -1.98. The molecule has 1 aromatic heterocycles. The van der Waals surface area contributed by atoms with Crippen LogP contribution >= 0.6 is 11.3 Å². The van der Waals surface area contributed by atoms with Crippen molar-refractivity contribution in [2.75, 3.05) is 19.8 Å². The standard InChI is InChI=1S/C19H21NO3S/c1-14(16-7-10-24-13-16)19(22)20-8-9-23-12-17(20)11-18(21)15-5-3-2-4-6-15/h2-7,10,13-14,17H,8-9,11-12H2,1H3/t14-,17+/m1/s1. The van der Waals surface area contributed by atoms with Gasteiger partial charge in [0.1, 0.15) is 0 Å². The molecule has 1 aliphatic rings. The van der Waals surface area contributed by atoms with Gasteiger partial charge in [-0.1, -0.05) is 30.3 Å². The quantitative estimate of drug-likeness (QED) is 0.782. The van der Waals surface area contributed by atoms with Gasteiger partial charge in [-0.3, -0.25) is 9.59 Å². The fourth-order valence-corrected chi connectivity index (χ4v) is 3.74. The molecule has 3 rings (SSSR count). The number of hydrogen-bond acceptors (Lipinski definition) is 4. The number of ether oxygens (including phenoxy) is 1. The van der Waals surface area contributed by atoms with Crippen molar-refractivity contribution in [3.63, 3.8) is 0 Å². The molecule has 2 atom stereocenters. The van der Waals surface area contributed by atoms with Gasteiger partial charge in [0.05, 0.1) is 25.2 Å².